The number of nitrogen functional groups attached to an aromatic ring is 1. The van der Waals surface area contributed by atoms with Gasteiger partial charge in [0, 0.05) is 10.9 Å². The van der Waals surface area contributed by atoms with E-state index in [2.05, 4.69) is 4.98 Å². The van der Waals surface area contributed by atoms with Crippen LogP contribution >= 0.6 is 11.3 Å². The van der Waals surface area contributed by atoms with Gasteiger partial charge in [-0.15, -0.1) is 11.3 Å². The largest absolute Gasteiger partial charge is 0.436 e. The second-order valence-electron chi connectivity index (χ2n) is 4.15. The zero-order chi connectivity index (χ0) is 12.9. The number of anilines is 1. The summed E-state index contributed by atoms with van der Waals surface area (Å²) in [6.07, 6.45) is 0. The van der Waals surface area contributed by atoms with Gasteiger partial charge in [-0.05, 0) is 31.5 Å². The Labute approximate surface area is 107 Å². The Bertz CT molecular complexity index is 745. The van der Waals surface area contributed by atoms with E-state index >= 15 is 0 Å². The molecule has 2 N–H and O–H groups in total. The van der Waals surface area contributed by atoms with Crippen LogP contribution in [-0.4, -0.2) is 4.98 Å². The zero-order valence-corrected chi connectivity index (χ0v) is 10.8. The molecule has 0 spiro atoms. The number of nitrogens with zero attached hydrogens (tertiary/aromatic N) is 1. The number of hydrogen-bond acceptors (Lipinski definition) is 4. The zero-order valence-electron chi connectivity index (χ0n) is 9.95. The molecular weight excluding hydrogens is 251 g/mol. The summed E-state index contributed by atoms with van der Waals surface area (Å²) in [4.78, 5) is 5.43. The summed E-state index contributed by atoms with van der Waals surface area (Å²) >= 11 is 1.51. The minimum absolute atomic E-state index is 0.325. The van der Waals surface area contributed by atoms with E-state index < -0.39 is 0 Å². The van der Waals surface area contributed by atoms with E-state index in [0.717, 1.165) is 16.0 Å². The highest BCUT2D eigenvalue weighted by molar-refractivity contribution is 7.16. The maximum absolute atomic E-state index is 13.1. The lowest BCUT2D eigenvalue weighted by atomic mass is 10.1. The van der Waals surface area contributed by atoms with Gasteiger partial charge >= 0.3 is 0 Å². The minimum atomic E-state index is -0.325. The van der Waals surface area contributed by atoms with Crippen LogP contribution in [0, 0.1) is 19.7 Å². The SMILES string of the molecule is Cc1sc(N)c(-c2nc3cc(F)ccc3o2)c1C. The van der Waals surface area contributed by atoms with Crippen molar-refractivity contribution in [1.29, 1.82) is 0 Å². The number of rotatable bonds is 1. The molecule has 0 saturated carbocycles. The molecule has 0 bridgehead atoms. The van der Waals surface area contributed by atoms with Crippen molar-refractivity contribution in [3.8, 4) is 11.5 Å². The Balaban J connectivity index is 2.25. The fourth-order valence-corrected chi connectivity index (χ4v) is 2.85. The number of fused-ring (bicyclic) bond motifs is 1. The Morgan fingerprint density at radius 3 is 2.78 bits per heavy atom. The standard InChI is InChI=1S/C13H11FN2OS/c1-6-7(2)18-12(15)11(6)13-16-9-5-8(14)3-4-10(9)17-13/h3-5H,15H2,1-2H3. The molecule has 0 unspecified atom stereocenters. The topological polar surface area (TPSA) is 52.0 Å². The summed E-state index contributed by atoms with van der Waals surface area (Å²) in [7, 11) is 0. The molecule has 0 amide bonds. The van der Waals surface area contributed by atoms with Crippen molar-refractivity contribution in [2.45, 2.75) is 13.8 Å². The minimum Gasteiger partial charge on any atom is -0.436 e. The van der Waals surface area contributed by atoms with E-state index in [4.69, 9.17) is 10.2 Å². The number of aryl methyl sites for hydroxylation is 1. The molecule has 18 heavy (non-hydrogen) atoms. The summed E-state index contributed by atoms with van der Waals surface area (Å²) in [5, 5.41) is 0.678. The molecule has 5 heteroatoms. The number of benzene rings is 1. The van der Waals surface area contributed by atoms with E-state index in [1.807, 2.05) is 13.8 Å². The second kappa shape index (κ2) is 3.81. The summed E-state index contributed by atoms with van der Waals surface area (Å²) < 4.78 is 18.7. The lowest BCUT2D eigenvalue weighted by Gasteiger charge is -1.95. The molecule has 2 heterocycles. The van der Waals surface area contributed by atoms with E-state index in [0.29, 0.717) is 22.0 Å². The van der Waals surface area contributed by atoms with E-state index in [-0.39, 0.29) is 5.82 Å². The van der Waals surface area contributed by atoms with Gasteiger partial charge in [-0.25, -0.2) is 9.37 Å². The van der Waals surface area contributed by atoms with Gasteiger partial charge in [0.2, 0.25) is 5.89 Å². The normalized spacial score (nSPS) is 11.3. The van der Waals surface area contributed by atoms with Crippen molar-refractivity contribution < 1.29 is 8.81 Å². The summed E-state index contributed by atoms with van der Waals surface area (Å²) in [6.45, 7) is 3.98. The molecule has 3 nitrogen and oxygen atoms in total. The highest BCUT2D eigenvalue weighted by atomic mass is 32.1. The number of hydrogen-bond donors (Lipinski definition) is 1. The average molecular weight is 262 g/mol. The number of aromatic nitrogens is 1. The first-order valence-corrected chi connectivity index (χ1v) is 6.30. The predicted molar refractivity (Wildman–Crippen MR) is 71.2 cm³/mol. The van der Waals surface area contributed by atoms with Gasteiger partial charge in [0.25, 0.3) is 0 Å². The van der Waals surface area contributed by atoms with Crippen molar-refractivity contribution in [2.75, 3.05) is 5.73 Å². The Hall–Kier alpha value is -1.88. The molecule has 92 valence electrons. The van der Waals surface area contributed by atoms with Gasteiger partial charge in [0.1, 0.15) is 11.3 Å². The summed E-state index contributed by atoms with van der Waals surface area (Å²) in [6, 6.07) is 4.28. The Morgan fingerprint density at radius 2 is 2.11 bits per heavy atom. The molecule has 0 saturated heterocycles. The fourth-order valence-electron chi connectivity index (χ4n) is 1.93. The lowest BCUT2D eigenvalue weighted by molar-refractivity contribution is 0.614. The van der Waals surface area contributed by atoms with Gasteiger partial charge in [-0.3, -0.25) is 0 Å². The molecule has 0 aliphatic heterocycles. The van der Waals surface area contributed by atoms with Gasteiger partial charge in [0.05, 0.1) is 10.6 Å². The van der Waals surface area contributed by atoms with Crippen LogP contribution in [0.4, 0.5) is 9.39 Å². The molecule has 0 aliphatic carbocycles. The molecule has 3 rings (SSSR count). The van der Waals surface area contributed by atoms with Crippen LogP contribution < -0.4 is 5.73 Å². The van der Waals surface area contributed by atoms with Gasteiger partial charge in [-0.2, -0.15) is 0 Å². The van der Waals surface area contributed by atoms with Crippen molar-refractivity contribution >= 4 is 27.4 Å². The fraction of sp³-hybridized carbons (Fsp3) is 0.154. The third kappa shape index (κ3) is 1.59. The van der Waals surface area contributed by atoms with Crippen LogP contribution in [-0.2, 0) is 0 Å². The molecule has 2 aromatic heterocycles. The molecule has 0 fully saturated rings. The third-order valence-electron chi connectivity index (χ3n) is 2.98. The first kappa shape index (κ1) is 11.2. The van der Waals surface area contributed by atoms with Crippen molar-refractivity contribution in [3.05, 3.63) is 34.5 Å². The number of thiophene rings is 1. The van der Waals surface area contributed by atoms with Gasteiger partial charge in [-0.1, -0.05) is 0 Å². The molecule has 0 aliphatic rings. The highest BCUT2D eigenvalue weighted by Crippen LogP contribution is 2.38. The van der Waals surface area contributed by atoms with Gasteiger partial charge in [0.15, 0.2) is 5.58 Å². The maximum Gasteiger partial charge on any atom is 0.230 e. The monoisotopic (exact) mass is 262 g/mol. The first-order valence-electron chi connectivity index (χ1n) is 5.48. The molecule has 3 aromatic rings. The Kier molecular flexibility index (Phi) is 2.38. The molecule has 1 aromatic carbocycles. The highest BCUT2D eigenvalue weighted by Gasteiger charge is 2.17. The number of halogens is 1. The van der Waals surface area contributed by atoms with Gasteiger partial charge < -0.3 is 10.2 Å². The average Bonchev–Trinajstić information content (AvgIpc) is 2.80. The number of nitrogens with two attached hydrogens (primary N) is 1. The van der Waals surface area contributed by atoms with Crippen LogP contribution in [0.25, 0.3) is 22.6 Å². The van der Waals surface area contributed by atoms with Crippen LogP contribution in [0.15, 0.2) is 22.6 Å². The first-order chi connectivity index (χ1) is 8.56. The van der Waals surface area contributed by atoms with Crippen LogP contribution in [0.5, 0.6) is 0 Å². The summed E-state index contributed by atoms with van der Waals surface area (Å²) in [5.41, 5.74) is 8.92. The van der Waals surface area contributed by atoms with Crippen molar-refractivity contribution in [3.63, 3.8) is 0 Å². The van der Waals surface area contributed by atoms with Crippen molar-refractivity contribution in [2.24, 2.45) is 0 Å². The van der Waals surface area contributed by atoms with E-state index in [9.17, 15) is 4.39 Å². The van der Waals surface area contributed by atoms with Crippen LogP contribution in [0.3, 0.4) is 0 Å². The smallest absolute Gasteiger partial charge is 0.230 e. The van der Waals surface area contributed by atoms with Crippen LogP contribution in [0.2, 0.25) is 0 Å². The van der Waals surface area contributed by atoms with Crippen LogP contribution in [0.1, 0.15) is 10.4 Å². The molecule has 0 atom stereocenters. The quantitative estimate of drug-likeness (QED) is 0.723. The summed E-state index contributed by atoms with van der Waals surface area (Å²) in [5.74, 6) is 0.128. The molecule has 0 radical (unpaired) electrons. The second-order valence-corrected chi connectivity index (χ2v) is 5.41. The Morgan fingerprint density at radius 1 is 1.33 bits per heavy atom. The third-order valence-corrected chi connectivity index (χ3v) is 4.01. The van der Waals surface area contributed by atoms with E-state index in [1.54, 1.807) is 6.07 Å². The number of oxazole rings is 1. The molecular formula is C13H11FN2OS. The lowest BCUT2D eigenvalue weighted by Crippen LogP contribution is -1.85. The maximum atomic E-state index is 13.1. The predicted octanol–water partition coefficient (Wildman–Crippen LogP) is 3.89. The van der Waals surface area contributed by atoms with Crippen molar-refractivity contribution in [1.82, 2.24) is 4.98 Å². The van der Waals surface area contributed by atoms with E-state index in [1.165, 1.54) is 23.5 Å².